The van der Waals surface area contributed by atoms with Crippen LogP contribution in [0.2, 0.25) is 0 Å². The average Bonchev–Trinajstić information content (AvgIpc) is 2.79. The van der Waals surface area contributed by atoms with Crippen LogP contribution >= 0.6 is 0 Å². The van der Waals surface area contributed by atoms with Crippen molar-refractivity contribution in [3.63, 3.8) is 0 Å². The maximum Gasteiger partial charge on any atom is 0.307 e. The highest BCUT2D eigenvalue weighted by molar-refractivity contribution is 5.71. The van der Waals surface area contributed by atoms with E-state index in [1.54, 1.807) is 0 Å². The van der Waals surface area contributed by atoms with Gasteiger partial charge in [0.2, 0.25) is 0 Å². The fourth-order valence-corrected chi connectivity index (χ4v) is 4.86. The summed E-state index contributed by atoms with van der Waals surface area (Å²) in [6, 6.07) is 0. The van der Waals surface area contributed by atoms with E-state index >= 15 is 0 Å². The molecule has 3 nitrogen and oxygen atoms in total. The molecule has 1 heterocycles. The highest BCUT2D eigenvalue weighted by atomic mass is 16.5. The predicted molar refractivity (Wildman–Crippen MR) is 81.6 cm³/mol. The molecule has 2 rings (SSSR count). The molecule has 2 atom stereocenters. The van der Waals surface area contributed by atoms with Gasteiger partial charge in [-0.25, -0.2) is 0 Å². The number of esters is 1. The normalized spacial score (nSPS) is 34.1. The Balaban J connectivity index is 2.20. The first-order chi connectivity index (χ1) is 9.37. The Morgan fingerprint density at radius 1 is 1.25 bits per heavy atom. The fraction of sp³-hybridized carbons (Fsp3) is 0.941. The Labute approximate surface area is 124 Å². The molecule has 2 aliphatic rings. The van der Waals surface area contributed by atoms with Gasteiger partial charge in [-0.2, -0.15) is 0 Å². The van der Waals surface area contributed by atoms with E-state index in [1.165, 1.54) is 19.3 Å². The van der Waals surface area contributed by atoms with Gasteiger partial charge < -0.3 is 4.74 Å². The third kappa shape index (κ3) is 3.55. The highest BCUT2D eigenvalue weighted by Gasteiger charge is 2.48. The number of carbonyl (C=O) groups excluding carboxylic acids is 1. The van der Waals surface area contributed by atoms with Crippen LogP contribution in [0.5, 0.6) is 0 Å². The second-order valence-corrected chi connectivity index (χ2v) is 7.75. The zero-order valence-electron chi connectivity index (χ0n) is 13.7. The minimum Gasteiger partial charge on any atom is -0.466 e. The summed E-state index contributed by atoms with van der Waals surface area (Å²) in [6.45, 7) is 11.8. The van der Waals surface area contributed by atoms with Crippen molar-refractivity contribution in [1.82, 2.24) is 4.90 Å². The van der Waals surface area contributed by atoms with Crippen molar-refractivity contribution in [2.75, 3.05) is 19.7 Å². The lowest BCUT2D eigenvalue weighted by molar-refractivity contribution is -0.148. The number of rotatable bonds is 4. The van der Waals surface area contributed by atoms with Gasteiger partial charge in [0.05, 0.1) is 13.0 Å². The first-order valence-corrected chi connectivity index (χ1v) is 8.28. The lowest BCUT2D eigenvalue weighted by atomic mass is 9.62. The van der Waals surface area contributed by atoms with Crippen LogP contribution in [0.3, 0.4) is 0 Å². The molecule has 20 heavy (non-hydrogen) atoms. The van der Waals surface area contributed by atoms with Gasteiger partial charge in [0, 0.05) is 5.54 Å². The molecule has 0 bridgehead atoms. The van der Waals surface area contributed by atoms with Gasteiger partial charge in [0.15, 0.2) is 0 Å². The Kier molecular flexibility index (Phi) is 4.78. The summed E-state index contributed by atoms with van der Waals surface area (Å²) in [4.78, 5) is 14.7. The van der Waals surface area contributed by atoms with Crippen LogP contribution in [-0.2, 0) is 9.53 Å². The molecule has 0 aromatic rings. The molecule has 1 aliphatic carbocycles. The molecule has 3 heteroatoms. The molecule has 0 aromatic heterocycles. The van der Waals surface area contributed by atoms with Crippen LogP contribution in [-0.4, -0.2) is 36.1 Å². The van der Waals surface area contributed by atoms with Gasteiger partial charge in [0.1, 0.15) is 0 Å². The van der Waals surface area contributed by atoms with Gasteiger partial charge >= 0.3 is 5.97 Å². The van der Waals surface area contributed by atoms with E-state index in [0.717, 1.165) is 25.9 Å². The van der Waals surface area contributed by atoms with E-state index in [0.29, 0.717) is 24.4 Å². The quantitative estimate of drug-likeness (QED) is 0.737. The molecule has 0 N–H and O–H groups in total. The summed E-state index contributed by atoms with van der Waals surface area (Å²) < 4.78 is 5.27. The van der Waals surface area contributed by atoms with Gasteiger partial charge in [-0.1, -0.05) is 20.8 Å². The van der Waals surface area contributed by atoms with E-state index in [1.807, 2.05) is 6.92 Å². The first kappa shape index (κ1) is 15.8. The summed E-state index contributed by atoms with van der Waals surface area (Å²) in [7, 11) is 0. The lowest BCUT2D eigenvalue weighted by Gasteiger charge is -2.52. The van der Waals surface area contributed by atoms with E-state index in [2.05, 4.69) is 25.7 Å². The van der Waals surface area contributed by atoms with Gasteiger partial charge in [-0.15, -0.1) is 0 Å². The first-order valence-electron chi connectivity index (χ1n) is 8.28. The molecule has 1 aliphatic heterocycles. The summed E-state index contributed by atoms with van der Waals surface area (Å²) in [5.74, 6) is 0.679. The van der Waals surface area contributed by atoms with Crippen LogP contribution in [0.15, 0.2) is 0 Å². The minimum atomic E-state index is -0.00991. The van der Waals surface area contributed by atoms with E-state index < -0.39 is 0 Å². The number of hydrogen-bond donors (Lipinski definition) is 0. The lowest BCUT2D eigenvalue weighted by Crippen LogP contribution is -2.55. The molecule has 0 aromatic carbocycles. The van der Waals surface area contributed by atoms with E-state index in [4.69, 9.17) is 4.74 Å². The van der Waals surface area contributed by atoms with Crippen molar-refractivity contribution in [2.45, 2.75) is 71.8 Å². The molecule has 2 fully saturated rings. The van der Waals surface area contributed by atoms with Crippen molar-refractivity contribution in [1.29, 1.82) is 0 Å². The third-order valence-corrected chi connectivity index (χ3v) is 4.99. The Morgan fingerprint density at radius 3 is 2.45 bits per heavy atom. The predicted octanol–water partition coefficient (Wildman–Crippen LogP) is 3.62. The number of nitrogens with zero attached hydrogens (tertiary/aromatic N) is 1. The van der Waals surface area contributed by atoms with Crippen molar-refractivity contribution in [2.24, 2.45) is 11.3 Å². The van der Waals surface area contributed by atoms with E-state index in [-0.39, 0.29) is 11.5 Å². The monoisotopic (exact) mass is 281 g/mol. The Bertz CT molecular complexity index is 347. The molecule has 116 valence electrons. The second kappa shape index (κ2) is 6.05. The highest BCUT2D eigenvalue weighted by Crippen LogP contribution is 2.49. The van der Waals surface area contributed by atoms with Gasteiger partial charge in [0.25, 0.3) is 0 Å². The molecule has 0 radical (unpaired) electrons. The van der Waals surface area contributed by atoms with Crippen molar-refractivity contribution in [3.05, 3.63) is 0 Å². The molecule has 0 spiro atoms. The number of carbonyl (C=O) groups is 1. The van der Waals surface area contributed by atoms with Crippen molar-refractivity contribution >= 4 is 5.97 Å². The average molecular weight is 281 g/mol. The number of ether oxygens (including phenoxy) is 1. The van der Waals surface area contributed by atoms with Crippen LogP contribution in [0, 0.1) is 11.3 Å². The summed E-state index contributed by atoms with van der Waals surface area (Å²) in [5.41, 5.74) is 0.372. The maximum absolute atomic E-state index is 12.1. The maximum atomic E-state index is 12.1. The number of hydrogen-bond acceptors (Lipinski definition) is 3. The molecule has 2 unspecified atom stereocenters. The fourth-order valence-electron chi connectivity index (χ4n) is 4.86. The molecule has 0 amide bonds. The number of likely N-dealkylation sites (tertiary alicyclic amines) is 1. The largest absolute Gasteiger partial charge is 0.466 e. The molecular formula is C17H31NO2. The van der Waals surface area contributed by atoms with Gasteiger partial charge in [-0.05, 0) is 63.5 Å². The van der Waals surface area contributed by atoms with Crippen molar-refractivity contribution in [3.8, 4) is 0 Å². The zero-order valence-corrected chi connectivity index (χ0v) is 13.7. The molecule has 1 saturated carbocycles. The standard InChI is InChI=1S/C17H31NO2/c1-5-20-15(19)12-17(18-8-6-7-9-18)11-14(2)10-16(3,4)13-17/h14H,5-13H2,1-4H3. The summed E-state index contributed by atoms with van der Waals surface area (Å²) in [5, 5.41) is 0. The van der Waals surface area contributed by atoms with Crippen LogP contribution < -0.4 is 0 Å². The summed E-state index contributed by atoms with van der Waals surface area (Å²) in [6.07, 6.45) is 6.68. The summed E-state index contributed by atoms with van der Waals surface area (Å²) >= 11 is 0. The van der Waals surface area contributed by atoms with Gasteiger partial charge in [-0.3, -0.25) is 9.69 Å². The van der Waals surface area contributed by atoms with E-state index in [9.17, 15) is 4.79 Å². The molecule has 1 saturated heterocycles. The van der Waals surface area contributed by atoms with Crippen LogP contribution in [0.1, 0.15) is 66.2 Å². The Morgan fingerprint density at radius 2 is 1.90 bits per heavy atom. The SMILES string of the molecule is CCOC(=O)CC1(N2CCCC2)CC(C)CC(C)(C)C1. The minimum absolute atomic E-state index is 0.00991. The van der Waals surface area contributed by atoms with Crippen molar-refractivity contribution < 1.29 is 9.53 Å². The third-order valence-electron chi connectivity index (χ3n) is 4.99. The zero-order chi connectivity index (χ0) is 14.8. The topological polar surface area (TPSA) is 29.5 Å². The smallest absolute Gasteiger partial charge is 0.307 e. The second-order valence-electron chi connectivity index (χ2n) is 7.75. The van der Waals surface area contributed by atoms with Crippen LogP contribution in [0.25, 0.3) is 0 Å². The molecular weight excluding hydrogens is 250 g/mol. The Hall–Kier alpha value is -0.570. The van der Waals surface area contributed by atoms with Crippen LogP contribution in [0.4, 0.5) is 0 Å².